The van der Waals surface area contributed by atoms with Crippen molar-refractivity contribution in [3.63, 3.8) is 0 Å². The molecule has 128 valence electrons. The lowest BCUT2D eigenvalue weighted by atomic mass is 10.2. The second-order valence-electron chi connectivity index (χ2n) is 5.42. The van der Waals surface area contributed by atoms with Crippen LogP contribution in [0.3, 0.4) is 0 Å². The van der Waals surface area contributed by atoms with Crippen molar-refractivity contribution in [1.82, 2.24) is 15.0 Å². The lowest BCUT2D eigenvalue weighted by molar-refractivity contribution is -0.104. The van der Waals surface area contributed by atoms with Crippen LogP contribution in [0.2, 0.25) is 0 Å². The molecule has 3 heterocycles. The molecule has 0 saturated carbocycles. The molecule has 7 heteroatoms. The van der Waals surface area contributed by atoms with E-state index in [-0.39, 0.29) is 0 Å². The number of ether oxygens (including phenoxy) is 1. The van der Waals surface area contributed by atoms with Crippen LogP contribution in [0.4, 0.5) is 17.5 Å². The second kappa shape index (κ2) is 8.16. The normalized spacial score (nSPS) is 14.5. The SMILES string of the molecule is C=C(/C=C/C=O)c1cc(Nc2cccnc2)nc(N2CCOCC2)n1. The van der Waals surface area contributed by atoms with Gasteiger partial charge in [0, 0.05) is 25.4 Å². The fourth-order valence-electron chi connectivity index (χ4n) is 2.39. The van der Waals surface area contributed by atoms with E-state index in [0.29, 0.717) is 42.5 Å². The Morgan fingerprint density at radius 1 is 1.32 bits per heavy atom. The van der Waals surface area contributed by atoms with Gasteiger partial charge < -0.3 is 15.0 Å². The van der Waals surface area contributed by atoms with Crippen LogP contribution < -0.4 is 10.2 Å². The highest BCUT2D eigenvalue weighted by Gasteiger charge is 2.16. The zero-order valence-corrected chi connectivity index (χ0v) is 13.8. The number of allylic oxidation sites excluding steroid dienone is 3. The van der Waals surface area contributed by atoms with Gasteiger partial charge in [0.1, 0.15) is 12.1 Å². The average molecular weight is 337 g/mol. The van der Waals surface area contributed by atoms with Crippen molar-refractivity contribution in [2.45, 2.75) is 0 Å². The molecule has 0 atom stereocenters. The van der Waals surface area contributed by atoms with Crippen molar-refractivity contribution in [3.05, 3.63) is 55.0 Å². The minimum absolute atomic E-state index is 0.604. The molecule has 2 aromatic heterocycles. The number of carbonyl (C=O) groups excluding carboxylic acids is 1. The van der Waals surface area contributed by atoms with E-state index in [0.717, 1.165) is 18.8 Å². The fraction of sp³-hybridized carbons (Fsp3) is 0.222. The van der Waals surface area contributed by atoms with Crippen molar-refractivity contribution >= 4 is 29.3 Å². The maximum Gasteiger partial charge on any atom is 0.228 e. The number of nitrogens with zero attached hydrogens (tertiary/aromatic N) is 4. The van der Waals surface area contributed by atoms with Crippen LogP contribution in [0.5, 0.6) is 0 Å². The van der Waals surface area contributed by atoms with Gasteiger partial charge in [-0.25, -0.2) is 4.98 Å². The summed E-state index contributed by atoms with van der Waals surface area (Å²) in [5, 5.41) is 3.23. The minimum Gasteiger partial charge on any atom is -0.378 e. The molecule has 0 radical (unpaired) electrons. The van der Waals surface area contributed by atoms with Crippen molar-refractivity contribution < 1.29 is 9.53 Å². The molecule has 2 aromatic rings. The highest BCUT2D eigenvalue weighted by molar-refractivity contribution is 5.78. The van der Waals surface area contributed by atoms with Gasteiger partial charge in [-0.05, 0) is 23.8 Å². The molecule has 1 aliphatic heterocycles. The van der Waals surface area contributed by atoms with Gasteiger partial charge >= 0.3 is 0 Å². The molecule has 0 aliphatic carbocycles. The summed E-state index contributed by atoms with van der Waals surface area (Å²) in [7, 11) is 0. The van der Waals surface area contributed by atoms with Gasteiger partial charge in [0.25, 0.3) is 0 Å². The second-order valence-corrected chi connectivity index (χ2v) is 5.42. The summed E-state index contributed by atoms with van der Waals surface area (Å²) in [6.07, 6.45) is 7.17. The molecule has 7 nitrogen and oxygen atoms in total. The van der Waals surface area contributed by atoms with Gasteiger partial charge in [-0.3, -0.25) is 9.78 Å². The molecule has 1 saturated heterocycles. The van der Waals surface area contributed by atoms with Crippen LogP contribution in [0.25, 0.3) is 5.57 Å². The maximum atomic E-state index is 10.6. The first-order chi connectivity index (χ1) is 12.3. The Labute approximate surface area is 146 Å². The van der Waals surface area contributed by atoms with Gasteiger partial charge in [-0.1, -0.05) is 12.7 Å². The van der Waals surface area contributed by atoms with Crippen LogP contribution in [0, 0.1) is 0 Å². The summed E-state index contributed by atoms with van der Waals surface area (Å²) in [6, 6.07) is 5.55. The summed E-state index contributed by atoms with van der Waals surface area (Å²) in [4.78, 5) is 25.9. The van der Waals surface area contributed by atoms with Gasteiger partial charge in [0.2, 0.25) is 5.95 Å². The van der Waals surface area contributed by atoms with E-state index in [2.05, 4.69) is 31.7 Å². The molecule has 0 amide bonds. The van der Waals surface area contributed by atoms with Crippen LogP contribution in [0.15, 0.2) is 49.3 Å². The van der Waals surface area contributed by atoms with Gasteiger partial charge in [-0.2, -0.15) is 4.98 Å². The van der Waals surface area contributed by atoms with E-state index in [9.17, 15) is 4.79 Å². The van der Waals surface area contributed by atoms with E-state index in [4.69, 9.17) is 4.74 Å². The van der Waals surface area contributed by atoms with E-state index in [1.807, 2.05) is 12.1 Å². The molecule has 0 aromatic carbocycles. The highest BCUT2D eigenvalue weighted by Crippen LogP contribution is 2.22. The Bertz CT molecular complexity index is 770. The van der Waals surface area contributed by atoms with E-state index >= 15 is 0 Å². The van der Waals surface area contributed by atoms with Crippen LogP contribution in [0.1, 0.15) is 5.69 Å². The summed E-state index contributed by atoms with van der Waals surface area (Å²) in [6.45, 7) is 6.72. The van der Waals surface area contributed by atoms with Crippen LogP contribution >= 0.6 is 0 Å². The number of anilines is 3. The fourth-order valence-corrected chi connectivity index (χ4v) is 2.39. The van der Waals surface area contributed by atoms with Crippen molar-refractivity contribution in [2.75, 3.05) is 36.5 Å². The molecule has 1 fully saturated rings. The molecule has 25 heavy (non-hydrogen) atoms. The standard InChI is InChI=1S/C18H19N5O2/c1-14(4-3-9-24)16-12-17(20-15-5-2-6-19-13-15)22-18(21-16)23-7-10-25-11-8-23/h2-6,9,12-13H,1,7-8,10-11H2,(H,20,21,22)/b4-3+. The summed E-state index contributed by atoms with van der Waals surface area (Å²) in [5.74, 6) is 1.24. The minimum atomic E-state index is 0.604. The Kier molecular flexibility index (Phi) is 5.48. The molecule has 0 spiro atoms. The molecule has 0 bridgehead atoms. The largest absolute Gasteiger partial charge is 0.378 e. The highest BCUT2D eigenvalue weighted by atomic mass is 16.5. The first-order valence-corrected chi connectivity index (χ1v) is 7.96. The van der Waals surface area contributed by atoms with Crippen molar-refractivity contribution in [2.24, 2.45) is 0 Å². The van der Waals surface area contributed by atoms with Gasteiger partial charge in [0.15, 0.2) is 0 Å². The third kappa shape index (κ3) is 4.48. The average Bonchev–Trinajstić information content (AvgIpc) is 2.67. The van der Waals surface area contributed by atoms with Crippen LogP contribution in [-0.2, 0) is 9.53 Å². The number of aldehydes is 1. The topological polar surface area (TPSA) is 80.2 Å². The predicted molar refractivity (Wildman–Crippen MR) is 96.8 cm³/mol. The molecular weight excluding hydrogens is 318 g/mol. The monoisotopic (exact) mass is 337 g/mol. The Balaban J connectivity index is 1.93. The smallest absolute Gasteiger partial charge is 0.228 e. The third-order valence-corrected chi connectivity index (χ3v) is 3.65. The number of morpholine rings is 1. The van der Waals surface area contributed by atoms with Crippen molar-refractivity contribution in [3.8, 4) is 0 Å². The first kappa shape index (κ1) is 16.8. The molecule has 3 rings (SSSR count). The van der Waals surface area contributed by atoms with E-state index in [1.165, 1.54) is 6.08 Å². The molecular formula is C18H19N5O2. The number of nitrogens with one attached hydrogen (secondary N) is 1. The summed E-state index contributed by atoms with van der Waals surface area (Å²) < 4.78 is 5.39. The number of hydrogen-bond donors (Lipinski definition) is 1. The maximum absolute atomic E-state index is 10.6. The zero-order valence-electron chi connectivity index (χ0n) is 13.8. The lowest BCUT2D eigenvalue weighted by Gasteiger charge is -2.27. The molecule has 0 unspecified atom stereocenters. The zero-order chi connectivity index (χ0) is 17.5. The Morgan fingerprint density at radius 3 is 2.88 bits per heavy atom. The lowest BCUT2D eigenvalue weighted by Crippen LogP contribution is -2.37. The Morgan fingerprint density at radius 2 is 2.16 bits per heavy atom. The van der Waals surface area contributed by atoms with Gasteiger partial charge in [-0.15, -0.1) is 0 Å². The number of aromatic nitrogens is 3. The predicted octanol–water partition coefficient (Wildman–Crippen LogP) is 2.22. The summed E-state index contributed by atoms with van der Waals surface area (Å²) in [5.41, 5.74) is 2.12. The molecule has 1 aliphatic rings. The number of rotatable bonds is 6. The summed E-state index contributed by atoms with van der Waals surface area (Å²) >= 11 is 0. The first-order valence-electron chi connectivity index (χ1n) is 7.96. The number of pyridine rings is 1. The van der Waals surface area contributed by atoms with E-state index in [1.54, 1.807) is 24.5 Å². The third-order valence-electron chi connectivity index (χ3n) is 3.65. The Hall–Kier alpha value is -3.06. The number of carbonyl (C=O) groups is 1. The van der Waals surface area contributed by atoms with Crippen molar-refractivity contribution in [1.29, 1.82) is 0 Å². The van der Waals surface area contributed by atoms with Gasteiger partial charge in [0.05, 0.1) is 30.8 Å². The van der Waals surface area contributed by atoms with Crippen LogP contribution in [-0.4, -0.2) is 47.5 Å². The quantitative estimate of drug-likeness (QED) is 0.492. The van der Waals surface area contributed by atoms with E-state index < -0.39 is 0 Å². The number of hydrogen-bond acceptors (Lipinski definition) is 7. The molecule has 1 N–H and O–H groups in total.